The van der Waals surface area contributed by atoms with Crippen LogP contribution >= 0.6 is 0 Å². The third kappa shape index (κ3) is 1.99. The summed E-state index contributed by atoms with van der Waals surface area (Å²) in [6.45, 7) is 0. The molecule has 0 fully saturated rings. The van der Waals surface area contributed by atoms with Crippen LogP contribution in [-0.4, -0.2) is 30.2 Å². The highest BCUT2D eigenvalue weighted by Crippen LogP contribution is 1.67. The van der Waals surface area contributed by atoms with E-state index in [1.165, 1.54) is 4.90 Å². The second-order valence-corrected chi connectivity index (χ2v) is 1.35. The monoisotopic (exact) mass is 103 g/mol. The molecule has 4 nitrogen and oxygen atoms in total. The van der Waals surface area contributed by atoms with Crippen molar-refractivity contribution < 1.29 is 5.21 Å². The average Bonchev–Trinajstić information content (AvgIpc) is 1.65. The number of hydrogen-bond acceptors (Lipinski definition) is 2. The first-order valence-corrected chi connectivity index (χ1v) is 1.84. The lowest BCUT2D eigenvalue weighted by atomic mass is 10.8. The summed E-state index contributed by atoms with van der Waals surface area (Å²) in [5, 5.41) is 14.7. The lowest BCUT2D eigenvalue weighted by Gasteiger charge is -2.09. The molecule has 0 aromatic heterocycles. The molecule has 0 spiro atoms. The Morgan fingerprint density at radius 2 is 2.14 bits per heavy atom. The van der Waals surface area contributed by atoms with Crippen LogP contribution in [0.4, 0.5) is 0 Å². The number of rotatable bonds is 0. The van der Waals surface area contributed by atoms with Gasteiger partial charge in [-0.3, -0.25) is 10.6 Å². The van der Waals surface area contributed by atoms with Crippen molar-refractivity contribution in [3.05, 3.63) is 0 Å². The van der Waals surface area contributed by atoms with Crippen molar-refractivity contribution in [1.29, 1.82) is 5.41 Å². The maximum Gasteiger partial charge on any atom is 0.214 e. The molecule has 0 aromatic carbocycles. The molecule has 0 bridgehead atoms. The first-order chi connectivity index (χ1) is 3.18. The van der Waals surface area contributed by atoms with Gasteiger partial charge in [-0.1, -0.05) is 0 Å². The quantitative estimate of drug-likeness (QED) is 0.219. The second kappa shape index (κ2) is 2.41. The number of hydrogen-bond donors (Lipinski definition) is 3. The van der Waals surface area contributed by atoms with E-state index in [2.05, 4.69) is 0 Å². The fourth-order valence-corrected chi connectivity index (χ4v) is 0.100. The smallest absolute Gasteiger partial charge is 0.214 e. The van der Waals surface area contributed by atoms with Crippen LogP contribution in [-0.2, 0) is 0 Å². The fourth-order valence-electron chi connectivity index (χ4n) is 0.100. The van der Waals surface area contributed by atoms with Crippen LogP contribution in [0.3, 0.4) is 0 Å². The van der Waals surface area contributed by atoms with Gasteiger partial charge in [-0.05, 0) is 0 Å². The Morgan fingerprint density at radius 3 is 2.14 bits per heavy atom. The molecular weight excluding hydrogens is 94.1 g/mol. The number of nitrogens with one attached hydrogen (secondary N) is 2. The molecule has 0 aromatic rings. The molecule has 0 aliphatic rings. The first-order valence-electron chi connectivity index (χ1n) is 1.84. The summed E-state index contributed by atoms with van der Waals surface area (Å²) < 4.78 is 0. The molecule has 4 heteroatoms. The van der Waals surface area contributed by atoms with Crippen LogP contribution in [0.1, 0.15) is 0 Å². The van der Waals surface area contributed by atoms with Gasteiger partial charge in [-0.15, -0.1) is 0 Å². The second-order valence-electron chi connectivity index (χ2n) is 1.35. The van der Waals surface area contributed by atoms with Crippen molar-refractivity contribution in [2.75, 3.05) is 14.1 Å². The van der Waals surface area contributed by atoms with E-state index in [0.29, 0.717) is 0 Å². The summed E-state index contributed by atoms with van der Waals surface area (Å²) in [7, 11) is 3.32. The van der Waals surface area contributed by atoms with Gasteiger partial charge in [-0.2, -0.15) is 0 Å². The van der Waals surface area contributed by atoms with E-state index < -0.39 is 0 Å². The van der Waals surface area contributed by atoms with Crippen LogP contribution in [0, 0.1) is 5.41 Å². The highest BCUT2D eigenvalue weighted by molar-refractivity contribution is 5.74. The predicted molar refractivity (Wildman–Crippen MR) is 26.3 cm³/mol. The van der Waals surface area contributed by atoms with Crippen molar-refractivity contribution in [3.63, 3.8) is 0 Å². The standard InChI is InChI=1S/C3H9N3O/c1-6(2)3(4)5-7/h7H,1-2H3,(H2,4,5). The third-order valence-corrected chi connectivity index (χ3v) is 0.553. The van der Waals surface area contributed by atoms with Gasteiger partial charge in [0.15, 0.2) is 0 Å². The number of guanidine groups is 1. The molecule has 42 valence electrons. The molecular formula is C3H9N3O. The molecule has 0 rings (SSSR count). The maximum atomic E-state index is 7.99. The van der Waals surface area contributed by atoms with Crippen molar-refractivity contribution in [1.82, 2.24) is 10.4 Å². The lowest BCUT2D eigenvalue weighted by molar-refractivity contribution is 0.218. The summed E-state index contributed by atoms with van der Waals surface area (Å²) in [5.74, 6) is -0.0139. The lowest BCUT2D eigenvalue weighted by Crippen LogP contribution is -2.32. The van der Waals surface area contributed by atoms with Gasteiger partial charge in [-0.25, -0.2) is 5.48 Å². The van der Waals surface area contributed by atoms with E-state index in [0.717, 1.165) is 0 Å². The number of nitrogens with zero attached hydrogens (tertiary/aromatic N) is 1. The molecule has 7 heavy (non-hydrogen) atoms. The van der Waals surface area contributed by atoms with Crippen LogP contribution in [0.5, 0.6) is 0 Å². The Bertz CT molecular complexity index is 70.6. The van der Waals surface area contributed by atoms with E-state index in [9.17, 15) is 0 Å². The molecule has 0 amide bonds. The van der Waals surface area contributed by atoms with E-state index in [1.807, 2.05) is 0 Å². The van der Waals surface area contributed by atoms with Gasteiger partial charge in [0.05, 0.1) is 0 Å². The normalized spacial score (nSPS) is 7.86. The van der Waals surface area contributed by atoms with E-state index in [1.54, 1.807) is 19.6 Å². The van der Waals surface area contributed by atoms with Gasteiger partial charge >= 0.3 is 0 Å². The van der Waals surface area contributed by atoms with Crippen LogP contribution < -0.4 is 5.48 Å². The van der Waals surface area contributed by atoms with Crippen molar-refractivity contribution in [3.8, 4) is 0 Å². The van der Waals surface area contributed by atoms with Crippen molar-refractivity contribution >= 4 is 5.96 Å². The summed E-state index contributed by atoms with van der Waals surface area (Å²) in [6, 6.07) is 0. The van der Waals surface area contributed by atoms with Crippen molar-refractivity contribution in [2.24, 2.45) is 0 Å². The van der Waals surface area contributed by atoms with Gasteiger partial charge < -0.3 is 4.90 Å². The Morgan fingerprint density at radius 1 is 1.71 bits per heavy atom. The molecule has 0 radical (unpaired) electrons. The molecule has 0 saturated heterocycles. The SMILES string of the molecule is CN(C)C(=N)NO. The highest BCUT2D eigenvalue weighted by atomic mass is 16.5. The highest BCUT2D eigenvalue weighted by Gasteiger charge is 1.90. The zero-order chi connectivity index (χ0) is 5.86. The van der Waals surface area contributed by atoms with E-state index in [4.69, 9.17) is 10.6 Å². The Hall–Kier alpha value is -0.770. The van der Waals surface area contributed by atoms with Crippen LogP contribution in [0.25, 0.3) is 0 Å². The van der Waals surface area contributed by atoms with Crippen molar-refractivity contribution in [2.45, 2.75) is 0 Å². The fraction of sp³-hybridized carbons (Fsp3) is 0.667. The zero-order valence-corrected chi connectivity index (χ0v) is 4.39. The summed E-state index contributed by atoms with van der Waals surface area (Å²) in [4.78, 5) is 1.44. The molecule has 0 aliphatic carbocycles. The van der Waals surface area contributed by atoms with Gasteiger partial charge in [0.25, 0.3) is 0 Å². The Labute approximate surface area is 42.2 Å². The zero-order valence-electron chi connectivity index (χ0n) is 4.39. The number of hydroxylamine groups is 1. The maximum absolute atomic E-state index is 7.99. The van der Waals surface area contributed by atoms with Crippen LogP contribution in [0.2, 0.25) is 0 Å². The van der Waals surface area contributed by atoms with Gasteiger partial charge in [0, 0.05) is 14.1 Å². The van der Waals surface area contributed by atoms with Gasteiger partial charge in [0.2, 0.25) is 5.96 Å². The summed E-state index contributed by atoms with van der Waals surface area (Å²) >= 11 is 0. The molecule has 0 aliphatic heterocycles. The van der Waals surface area contributed by atoms with Crippen LogP contribution in [0.15, 0.2) is 0 Å². The Kier molecular flexibility index (Phi) is 2.15. The third-order valence-electron chi connectivity index (χ3n) is 0.553. The molecule has 0 saturated carbocycles. The Balaban J connectivity index is 3.35. The van der Waals surface area contributed by atoms with Gasteiger partial charge in [0.1, 0.15) is 0 Å². The molecule has 3 N–H and O–H groups in total. The largest absolute Gasteiger partial charge is 0.348 e. The minimum absolute atomic E-state index is 0.0139. The van der Waals surface area contributed by atoms with E-state index in [-0.39, 0.29) is 5.96 Å². The first kappa shape index (κ1) is 6.23. The molecule has 0 atom stereocenters. The molecule has 0 unspecified atom stereocenters. The minimum Gasteiger partial charge on any atom is -0.348 e. The summed E-state index contributed by atoms with van der Waals surface area (Å²) in [5.41, 5.74) is 1.67. The molecule has 0 heterocycles. The van der Waals surface area contributed by atoms with E-state index >= 15 is 0 Å². The minimum atomic E-state index is -0.0139. The average molecular weight is 103 g/mol. The summed E-state index contributed by atoms with van der Waals surface area (Å²) in [6.07, 6.45) is 0. The topological polar surface area (TPSA) is 59.4 Å². The predicted octanol–water partition coefficient (Wildman–Crippen LogP) is -0.538.